The molecule has 0 aliphatic carbocycles. The number of nitrogens with zero attached hydrogens (tertiary/aromatic N) is 3. The van der Waals surface area contributed by atoms with Crippen LogP contribution in [0.3, 0.4) is 0 Å². The first-order chi connectivity index (χ1) is 13.0. The Balaban J connectivity index is 1.48. The number of nitro groups is 1. The predicted octanol–water partition coefficient (Wildman–Crippen LogP) is 3.56. The van der Waals surface area contributed by atoms with Gasteiger partial charge in [-0.1, -0.05) is 12.1 Å². The molecule has 0 unspecified atom stereocenters. The Bertz CT molecular complexity index is 808. The van der Waals surface area contributed by atoms with Crippen molar-refractivity contribution in [1.82, 2.24) is 4.90 Å². The molecule has 0 aromatic heterocycles. The van der Waals surface area contributed by atoms with E-state index in [1.165, 1.54) is 30.0 Å². The zero-order valence-corrected chi connectivity index (χ0v) is 15.5. The van der Waals surface area contributed by atoms with Crippen molar-refractivity contribution in [2.75, 3.05) is 36.8 Å². The normalized spacial score (nSPS) is 14.3. The highest BCUT2D eigenvalue weighted by atomic mass is 32.2. The monoisotopic (exact) mass is 389 g/mol. The molecule has 0 radical (unpaired) electrons. The van der Waals surface area contributed by atoms with E-state index in [0.29, 0.717) is 44.0 Å². The lowest BCUT2D eigenvalue weighted by Gasteiger charge is -2.35. The molecule has 1 saturated heterocycles. The van der Waals surface area contributed by atoms with E-state index in [1.807, 2.05) is 4.90 Å². The van der Waals surface area contributed by atoms with E-state index in [9.17, 15) is 19.3 Å². The van der Waals surface area contributed by atoms with Crippen molar-refractivity contribution in [3.63, 3.8) is 0 Å². The molecule has 1 aliphatic heterocycles. The molecule has 1 heterocycles. The van der Waals surface area contributed by atoms with Gasteiger partial charge in [-0.25, -0.2) is 4.39 Å². The lowest BCUT2D eigenvalue weighted by atomic mass is 10.2. The molecule has 1 aliphatic rings. The summed E-state index contributed by atoms with van der Waals surface area (Å²) in [5.74, 6) is 0.438. The minimum Gasteiger partial charge on any atom is -0.362 e. The molecule has 0 atom stereocenters. The van der Waals surface area contributed by atoms with E-state index in [4.69, 9.17) is 0 Å². The van der Waals surface area contributed by atoms with Crippen LogP contribution in [0, 0.1) is 15.9 Å². The van der Waals surface area contributed by atoms with Gasteiger partial charge < -0.3 is 9.80 Å². The van der Waals surface area contributed by atoms with Crippen molar-refractivity contribution >= 4 is 29.0 Å². The first kappa shape index (κ1) is 19.2. The van der Waals surface area contributed by atoms with Crippen molar-refractivity contribution in [3.05, 3.63) is 64.5 Å². The second kappa shape index (κ2) is 8.85. The summed E-state index contributed by atoms with van der Waals surface area (Å²) in [6.45, 7) is 2.24. The maximum Gasteiger partial charge on any atom is 0.292 e. The number of halogens is 1. The standard InChI is InChI=1S/C19H20FN3O3S/c20-15-5-7-16(8-6-15)27-14-9-19(24)22-12-10-21(11-13-22)17-3-1-2-4-18(17)23(25)26/h1-8H,9-14H2. The molecule has 0 N–H and O–H groups in total. The number of carbonyl (C=O) groups is 1. The average Bonchev–Trinajstić information content (AvgIpc) is 2.69. The molecule has 0 spiro atoms. The number of rotatable bonds is 6. The second-order valence-corrected chi connectivity index (χ2v) is 7.33. The smallest absolute Gasteiger partial charge is 0.292 e. The minimum absolute atomic E-state index is 0.0758. The van der Waals surface area contributed by atoms with Crippen molar-refractivity contribution in [2.45, 2.75) is 11.3 Å². The molecule has 1 fully saturated rings. The second-order valence-electron chi connectivity index (χ2n) is 6.17. The van der Waals surface area contributed by atoms with Gasteiger partial charge in [-0.2, -0.15) is 0 Å². The van der Waals surface area contributed by atoms with Crippen LogP contribution in [-0.4, -0.2) is 47.7 Å². The van der Waals surface area contributed by atoms with Gasteiger partial charge in [-0.05, 0) is 30.3 Å². The third-order valence-corrected chi connectivity index (χ3v) is 5.46. The number of para-hydroxylation sites is 2. The molecule has 0 bridgehead atoms. The van der Waals surface area contributed by atoms with E-state index in [-0.39, 0.29) is 22.3 Å². The Hall–Kier alpha value is -2.61. The fourth-order valence-electron chi connectivity index (χ4n) is 3.03. The largest absolute Gasteiger partial charge is 0.362 e. The molecule has 2 aromatic rings. The summed E-state index contributed by atoms with van der Waals surface area (Å²) in [6, 6.07) is 12.9. The molecular formula is C19H20FN3O3S. The van der Waals surface area contributed by atoms with Gasteiger partial charge in [0.2, 0.25) is 5.91 Å². The van der Waals surface area contributed by atoms with Crippen LogP contribution in [0.4, 0.5) is 15.8 Å². The number of nitro benzene ring substituents is 1. The Morgan fingerprint density at radius 3 is 2.41 bits per heavy atom. The van der Waals surface area contributed by atoms with Crippen LogP contribution < -0.4 is 4.90 Å². The quantitative estimate of drug-likeness (QED) is 0.429. The molecule has 2 aromatic carbocycles. The Labute approximate surface area is 161 Å². The third kappa shape index (κ3) is 4.97. The van der Waals surface area contributed by atoms with Gasteiger partial charge in [-0.15, -0.1) is 11.8 Å². The number of anilines is 1. The van der Waals surface area contributed by atoms with Gasteiger partial charge in [0.05, 0.1) is 4.92 Å². The number of carbonyl (C=O) groups excluding carboxylic acids is 1. The summed E-state index contributed by atoms with van der Waals surface area (Å²) in [7, 11) is 0. The van der Waals surface area contributed by atoms with Crippen LogP contribution in [0.1, 0.15) is 6.42 Å². The number of thioether (sulfide) groups is 1. The molecule has 27 heavy (non-hydrogen) atoms. The van der Waals surface area contributed by atoms with E-state index < -0.39 is 0 Å². The maximum atomic E-state index is 12.9. The summed E-state index contributed by atoms with van der Waals surface area (Å²) in [4.78, 5) is 27.9. The first-order valence-corrected chi connectivity index (χ1v) is 9.67. The van der Waals surface area contributed by atoms with Crippen molar-refractivity contribution in [1.29, 1.82) is 0 Å². The molecule has 0 saturated carbocycles. The van der Waals surface area contributed by atoms with Gasteiger partial charge >= 0.3 is 0 Å². The highest BCUT2D eigenvalue weighted by Crippen LogP contribution is 2.28. The minimum atomic E-state index is -0.375. The lowest BCUT2D eigenvalue weighted by Crippen LogP contribution is -2.49. The maximum absolute atomic E-state index is 12.9. The zero-order valence-electron chi connectivity index (χ0n) is 14.7. The summed E-state index contributed by atoms with van der Waals surface area (Å²) in [5, 5.41) is 11.2. The lowest BCUT2D eigenvalue weighted by molar-refractivity contribution is -0.384. The van der Waals surface area contributed by atoms with Gasteiger partial charge in [-0.3, -0.25) is 14.9 Å². The first-order valence-electron chi connectivity index (χ1n) is 8.69. The third-order valence-electron chi connectivity index (χ3n) is 4.45. The van der Waals surface area contributed by atoms with Gasteiger partial charge in [0.1, 0.15) is 11.5 Å². The van der Waals surface area contributed by atoms with Crippen LogP contribution >= 0.6 is 11.8 Å². The zero-order chi connectivity index (χ0) is 19.2. The Morgan fingerprint density at radius 2 is 1.74 bits per heavy atom. The van der Waals surface area contributed by atoms with E-state index >= 15 is 0 Å². The fraction of sp³-hybridized carbons (Fsp3) is 0.316. The van der Waals surface area contributed by atoms with Crippen molar-refractivity contribution in [2.24, 2.45) is 0 Å². The van der Waals surface area contributed by atoms with Crippen LogP contribution in [0.15, 0.2) is 53.4 Å². The molecule has 6 nitrogen and oxygen atoms in total. The Kier molecular flexibility index (Phi) is 6.28. The summed E-state index contributed by atoms with van der Waals surface area (Å²) in [6.07, 6.45) is 0.410. The average molecular weight is 389 g/mol. The predicted molar refractivity (Wildman–Crippen MR) is 104 cm³/mol. The highest BCUT2D eigenvalue weighted by molar-refractivity contribution is 7.99. The van der Waals surface area contributed by atoms with Crippen LogP contribution in [0.2, 0.25) is 0 Å². The van der Waals surface area contributed by atoms with Crippen LogP contribution in [0.5, 0.6) is 0 Å². The number of hydrogen-bond donors (Lipinski definition) is 0. The van der Waals surface area contributed by atoms with E-state index in [2.05, 4.69) is 0 Å². The number of hydrogen-bond acceptors (Lipinski definition) is 5. The van der Waals surface area contributed by atoms with Crippen molar-refractivity contribution in [3.8, 4) is 0 Å². The summed E-state index contributed by atoms with van der Waals surface area (Å²) in [5.41, 5.74) is 0.689. The summed E-state index contributed by atoms with van der Waals surface area (Å²) < 4.78 is 12.9. The van der Waals surface area contributed by atoms with E-state index in [1.54, 1.807) is 35.2 Å². The molecule has 142 valence electrons. The Morgan fingerprint density at radius 1 is 1.07 bits per heavy atom. The number of piperazine rings is 1. The van der Waals surface area contributed by atoms with Gasteiger partial charge in [0.25, 0.3) is 5.69 Å². The molecule has 8 heteroatoms. The van der Waals surface area contributed by atoms with Gasteiger partial charge in [0.15, 0.2) is 0 Å². The molecular weight excluding hydrogens is 369 g/mol. The van der Waals surface area contributed by atoms with Gasteiger partial charge in [0, 0.05) is 49.3 Å². The fourth-order valence-corrected chi connectivity index (χ4v) is 3.87. The molecule has 1 amide bonds. The number of benzene rings is 2. The van der Waals surface area contributed by atoms with Crippen LogP contribution in [0.25, 0.3) is 0 Å². The SMILES string of the molecule is O=C(CCSc1ccc(F)cc1)N1CCN(c2ccccc2[N+](=O)[O-])CC1. The highest BCUT2D eigenvalue weighted by Gasteiger charge is 2.25. The molecule has 3 rings (SSSR count). The van der Waals surface area contributed by atoms with E-state index in [0.717, 1.165) is 4.90 Å². The topological polar surface area (TPSA) is 66.7 Å². The van der Waals surface area contributed by atoms with Crippen molar-refractivity contribution < 1.29 is 14.1 Å². The van der Waals surface area contributed by atoms with Crippen LogP contribution in [-0.2, 0) is 4.79 Å². The number of amides is 1. The summed E-state index contributed by atoms with van der Waals surface area (Å²) >= 11 is 1.52.